The van der Waals surface area contributed by atoms with Gasteiger partial charge >= 0.3 is 27.2 Å². The lowest BCUT2D eigenvalue weighted by atomic mass is 10.0. The average Bonchev–Trinajstić information content (AvgIpc) is 3.70. The number of nitrogens with one attached hydrogen (secondary N) is 3. The number of aryl methyl sites for hydroxylation is 2. The molecule has 10 N–H and O–H groups in total. The van der Waals surface area contributed by atoms with E-state index in [0.29, 0.717) is 5.56 Å². The van der Waals surface area contributed by atoms with Crippen LogP contribution in [0.3, 0.4) is 0 Å². The number of nitrogens with zero attached hydrogens (tertiary/aromatic N) is 6. The number of ether oxygens (including phenoxy) is 1. The van der Waals surface area contributed by atoms with Crippen LogP contribution in [0, 0.1) is 25.2 Å². The fraction of sp³-hybridized carbons (Fsp3) is 0.484. The standard InChI is InChI=1S/C31H39N9O16P2/c1-12(2)29(47)40-16-6-14(4)13(3)5-15(16)38(27-21(40)28(46)37-31(48)36-27)7-17(41)22(43)18(42)8-53-57(49,50)56-58(51,52)54-9-19-23(44)24(45)30(55-19)39-11-35-20-25(32)33-10-34-26(20)39/h5-6,10-12,17-19,22-24,30,32,41-45H,7-9H2,1-4H3,(H3-,36,37,46,48,49,50,51,52)/p+1/t17-,18+,19+,22-,23+,24+,30+/m0/s1. The Bertz CT molecular complexity index is 2360. The molecule has 2 aromatic rings. The molecule has 27 heteroatoms. The molecule has 6 rings (SSSR count). The van der Waals surface area contributed by atoms with E-state index in [1.807, 2.05) is 0 Å². The van der Waals surface area contributed by atoms with Crippen LogP contribution in [-0.2, 0) is 32.0 Å². The first kappa shape index (κ1) is 43.1. The number of β-amino-alcohol motifs (C(OH)–C–C–N with tert-alkyl or cyclic N) is 1. The number of anilines is 4. The summed E-state index contributed by atoms with van der Waals surface area (Å²) in [6, 6.07) is 3.24. The van der Waals surface area contributed by atoms with Gasteiger partial charge in [0.15, 0.2) is 17.9 Å². The normalized spacial score (nSPS) is 24.9. The highest BCUT2D eigenvalue weighted by Crippen LogP contribution is 2.60. The third-order valence-electron chi connectivity index (χ3n) is 9.37. The number of phosphoric ester groups is 2. The van der Waals surface area contributed by atoms with Crippen molar-refractivity contribution in [2.24, 2.45) is 20.9 Å². The van der Waals surface area contributed by atoms with Gasteiger partial charge in [0.1, 0.15) is 42.4 Å². The molecule has 5 heterocycles. The van der Waals surface area contributed by atoms with Crippen molar-refractivity contribution in [3.05, 3.63) is 44.1 Å². The number of amides is 1. The minimum atomic E-state index is -5.59. The van der Waals surface area contributed by atoms with E-state index in [-0.39, 0.29) is 40.3 Å². The summed E-state index contributed by atoms with van der Waals surface area (Å²) in [6.07, 6.45) is -10.4. The Hall–Kier alpha value is -4.46. The van der Waals surface area contributed by atoms with Crippen LogP contribution in [0.5, 0.6) is 0 Å². The molecule has 0 spiro atoms. The maximum atomic E-state index is 13.4. The molecule has 2 unspecified atom stereocenters. The molecular weight excluding hydrogens is 816 g/mol. The van der Waals surface area contributed by atoms with Gasteiger partial charge in [-0.2, -0.15) is 9.30 Å². The van der Waals surface area contributed by atoms with E-state index in [1.54, 1.807) is 39.8 Å². The number of fused-ring (bicyclic) bond motifs is 3. The maximum Gasteiger partial charge on any atom is 0.481 e. The number of amidine groups is 2. The molecule has 25 nitrogen and oxygen atoms in total. The highest BCUT2D eigenvalue weighted by molar-refractivity contribution is 7.61. The second-order valence-electron chi connectivity index (χ2n) is 13.8. The maximum absolute atomic E-state index is 13.4. The molecule has 1 amide bonds. The SMILES string of the molecule is Cc1cc2c(cc1C)N(C(=O)C(C)C)c1c([nH]c(=O)[nH]c1=O)N2C[C@H](O)[C@H](O)[C@H](O)COP(=O)(O)OP(=O)(O)OC[C@H]1O[C@@H]([N+]2=CN=C3C(=N)N=CN=C32)[C@H](O)[C@@H]1O. The fourth-order valence-corrected chi connectivity index (χ4v) is 8.37. The highest BCUT2D eigenvalue weighted by atomic mass is 31.3. The van der Waals surface area contributed by atoms with E-state index in [2.05, 4.69) is 33.8 Å². The Morgan fingerprint density at radius 3 is 2.33 bits per heavy atom. The molecule has 0 saturated carbocycles. The smallest absolute Gasteiger partial charge is 0.388 e. The second-order valence-corrected chi connectivity index (χ2v) is 16.8. The first-order valence-electron chi connectivity index (χ1n) is 17.3. The zero-order valence-electron chi connectivity index (χ0n) is 30.9. The molecule has 314 valence electrons. The van der Waals surface area contributed by atoms with Gasteiger partial charge in [0.25, 0.3) is 11.3 Å². The summed E-state index contributed by atoms with van der Waals surface area (Å²) in [6.45, 7) is 3.83. The molecule has 9 atom stereocenters. The minimum absolute atomic E-state index is 0.0537. The Labute approximate surface area is 326 Å². The number of carbonyl (C=O) groups is 1. The van der Waals surface area contributed by atoms with Crippen molar-refractivity contribution in [3.8, 4) is 0 Å². The van der Waals surface area contributed by atoms with E-state index in [1.165, 1.54) is 9.48 Å². The number of hydrogen-bond donors (Lipinski definition) is 10. The molecule has 1 fully saturated rings. The van der Waals surface area contributed by atoms with E-state index in [9.17, 15) is 58.8 Å². The molecule has 4 aliphatic heterocycles. The number of rotatable bonds is 14. The molecule has 0 bridgehead atoms. The first-order chi connectivity index (χ1) is 27.1. The lowest BCUT2D eigenvalue weighted by Gasteiger charge is -2.40. The molecule has 0 aliphatic carbocycles. The topological polar surface area (TPSA) is 366 Å². The average molecular weight is 857 g/mol. The van der Waals surface area contributed by atoms with Crippen LogP contribution >= 0.6 is 15.6 Å². The minimum Gasteiger partial charge on any atom is -0.388 e. The molecule has 1 aromatic carbocycles. The lowest BCUT2D eigenvalue weighted by molar-refractivity contribution is -0.517. The highest BCUT2D eigenvalue weighted by Gasteiger charge is 2.51. The summed E-state index contributed by atoms with van der Waals surface area (Å²) < 4.78 is 45.6. The van der Waals surface area contributed by atoms with Crippen LogP contribution in [-0.4, -0.2) is 148 Å². The molecule has 1 aromatic heterocycles. The Kier molecular flexibility index (Phi) is 12.1. The van der Waals surface area contributed by atoms with Gasteiger partial charge in [-0.05, 0) is 37.1 Å². The summed E-state index contributed by atoms with van der Waals surface area (Å²) >= 11 is 0. The second kappa shape index (κ2) is 16.3. The van der Waals surface area contributed by atoms with E-state index in [0.717, 1.165) is 23.1 Å². The predicted octanol–water partition coefficient (Wildman–Crippen LogP) is -1.85. The van der Waals surface area contributed by atoms with Crippen molar-refractivity contribution >= 4 is 74.5 Å². The third kappa shape index (κ3) is 8.49. The summed E-state index contributed by atoms with van der Waals surface area (Å²) in [5, 5.41) is 61.5. The number of aromatic amines is 2. The number of aromatic nitrogens is 2. The summed E-state index contributed by atoms with van der Waals surface area (Å²) in [7, 11) is -11.1. The molecule has 58 heavy (non-hydrogen) atoms. The predicted molar refractivity (Wildman–Crippen MR) is 201 cm³/mol. The summed E-state index contributed by atoms with van der Waals surface area (Å²) in [5.41, 5.74) is -0.263. The zero-order valence-corrected chi connectivity index (χ0v) is 32.7. The molecule has 1 saturated heterocycles. The lowest BCUT2D eigenvalue weighted by Crippen LogP contribution is -2.48. The van der Waals surface area contributed by atoms with Crippen LogP contribution in [0.4, 0.5) is 22.9 Å². The number of aliphatic hydroxyl groups excluding tert-OH is 5. The quantitative estimate of drug-likeness (QED) is 0.0736. The number of hydrogen-bond acceptors (Lipinski definition) is 18. The van der Waals surface area contributed by atoms with Gasteiger partial charge in [-0.3, -0.25) is 38.9 Å². The number of benzene rings is 1. The zero-order chi connectivity index (χ0) is 42.6. The number of aliphatic hydroxyl groups is 5. The summed E-state index contributed by atoms with van der Waals surface area (Å²) in [4.78, 5) is 77.9. The van der Waals surface area contributed by atoms with Crippen LogP contribution in [0.1, 0.15) is 25.0 Å². The van der Waals surface area contributed by atoms with E-state index in [4.69, 9.17) is 14.7 Å². The van der Waals surface area contributed by atoms with Crippen LogP contribution in [0.2, 0.25) is 0 Å². The van der Waals surface area contributed by atoms with Crippen molar-refractivity contribution in [3.63, 3.8) is 0 Å². The van der Waals surface area contributed by atoms with E-state index < -0.39 is 101 Å². The largest absolute Gasteiger partial charge is 0.481 e. The van der Waals surface area contributed by atoms with Gasteiger partial charge in [-0.25, -0.2) is 18.5 Å². The van der Waals surface area contributed by atoms with Crippen molar-refractivity contribution in [2.45, 2.75) is 70.5 Å². The summed E-state index contributed by atoms with van der Waals surface area (Å²) in [5.74, 6) is -1.49. The monoisotopic (exact) mass is 856 g/mol. The van der Waals surface area contributed by atoms with Crippen molar-refractivity contribution in [1.29, 1.82) is 5.41 Å². The van der Waals surface area contributed by atoms with Gasteiger partial charge < -0.3 is 45.0 Å². The molecular formula is C31H40N9O16P2+. The van der Waals surface area contributed by atoms with Crippen LogP contribution < -0.4 is 21.0 Å². The van der Waals surface area contributed by atoms with Gasteiger partial charge in [-0.1, -0.05) is 18.8 Å². The number of aliphatic imine (C=N–C) groups is 3. The van der Waals surface area contributed by atoms with Gasteiger partial charge in [0.2, 0.25) is 18.5 Å². The molecule has 0 radical (unpaired) electrons. The number of phosphoric acid groups is 2. The fourth-order valence-electron chi connectivity index (χ4n) is 6.27. The van der Waals surface area contributed by atoms with E-state index >= 15 is 0 Å². The van der Waals surface area contributed by atoms with Crippen molar-refractivity contribution < 1.29 is 71.9 Å². The Balaban J connectivity index is 1.08. The first-order valence-corrected chi connectivity index (χ1v) is 20.3. The molecule has 4 aliphatic rings. The van der Waals surface area contributed by atoms with Crippen molar-refractivity contribution in [1.82, 2.24) is 9.97 Å². The third-order valence-corrected chi connectivity index (χ3v) is 12.0. The van der Waals surface area contributed by atoms with Gasteiger partial charge in [0, 0.05) is 5.92 Å². The van der Waals surface area contributed by atoms with Crippen LogP contribution in [0.15, 0.2) is 36.7 Å². The van der Waals surface area contributed by atoms with Gasteiger partial charge in [-0.15, -0.1) is 4.99 Å². The Morgan fingerprint density at radius 1 is 1.00 bits per heavy atom. The number of H-pyrrole nitrogens is 2. The number of carbonyl (C=O) groups excluding carboxylic acids is 1. The van der Waals surface area contributed by atoms with Crippen LogP contribution in [0.25, 0.3) is 0 Å². The van der Waals surface area contributed by atoms with Gasteiger partial charge in [0.05, 0.1) is 31.1 Å². The van der Waals surface area contributed by atoms with Crippen molar-refractivity contribution in [2.75, 3.05) is 29.6 Å². The Morgan fingerprint density at radius 2 is 1.66 bits per heavy atom.